The van der Waals surface area contributed by atoms with Crippen molar-refractivity contribution >= 4 is 51.2 Å². The van der Waals surface area contributed by atoms with Crippen LogP contribution in [-0.2, 0) is 39.6 Å². The van der Waals surface area contributed by atoms with Gasteiger partial charge in [0.15, 0.2) is 0 Å². The van der Waals surface area contributed by atoms with Crippen LogP contribution in [0.5, 0.6) is 0 Å². The van der Waals surface area contributed by atoms with Gasteiger partial charge < -0.3 is 0 Å². The van der Waals surface area contributed by atoms with Gasteiger partial charge in [-0.3, -0.25) is 0 Å². The molecule has 0 saturated heterocycles. The van der Waals surface area contributed by atoms with Crippen molar-refractivity contribution in [1.29, 1.82) is 0 Å². The van der Waals surface area contributed by atoms with Crippen LogP contribution in [0.1, 0.15) is 0 Å². The topological polar surface area (TPSA) is 0 Å². The molecule has 0 heterocycles. The minimum absolute atomic E-state index is 0. The standard InChI is InChI=1S/Pb.Sn.V.W. The molecule has 0 aromatic heterocycles. The summed E-state index contributed by atoms with van der Waals surface area (Å²) in [4.78, 5) is 0. The summed E-state index contributed by atoms with van der Waals surface area (Å²) in [5, 5.41) is 0. The quantitative estimate of drug-likeness (QED) is 0.342. The van der Waals surface area contributed by atoms with Crippen LogP contribution in [-0.4, -0.2) is 51.2 Å². The van der Waals surface area contributed by atoms with Crippen LogP contribution in [0.3, 0.4) is 0 Å². The third kappa shape index (κ3) is 8.89. The average molecular weight is 561 g/mol. The maximum atomic E-state index is 0. The average Bonchev–Trinajstić information content (AvgIpc) is 0. The van der Waals surface area contributed by atoms with Gasteiger partial charge in [0, 0.05) is 90.8 Å². The molecule has 4 heavy (non-hydrogen) atoms. The molecule has 0 saturated carbocycles. The molecular weight excluding hydrogens is 561 g/mol. The van der Waals surface area contributed by atoms with E-state index in [1.54, 1.807) is 0 Å². The van der Waals surface area contributed by atoms with Gasteiger partial charge in [-0.25, -0.2) is 0 Å². The van der Waals surface area contributed by atoms with Gasteiger partial charge in [0.25, 0.3) is 0 Å². The third-order valence-electron chi connectivity index (χ3n) is 0. The zero-order valence-electron chi connectivity index (χ0n) is 1.86. The van der Waals surface area contributed by atoms with E-state index in [-0.39, 0.29) is 90.8 Å². The van der Waals surface area contributed by atoms with Crippen molar-refractivity contribution in [2.75, 3.05) is 0 Å². The van der Waals surface area contributed by atoms with E-state index < -0.39 is 0 Å². The molecule has 4 heteroatoms. The molecule has 0 N–H and O–H groups in total. The summed E-state index contributed by atoms with van der Waals surface area (Å²) < 4.78 is 0. The molecule has 19 valence electrons. The van der Waals surface area contributed by atoms with Gasteiger partial charge in [0.2, 0.25) is 0 Å². The Bertz CT molecular complexity index is 8.00. The summed E-state index contributed by atoms with van der Waals surface area (Å²) in [6.45, 7) is 0. The third-order valence-corrected chi connectivity index (χ3v) is 0. The Morgan fingerprint density at radius 2 is 1.00 bits per heavy atom. The molecule has 0 rings (SSSR count). The summed E-state index contributed by atoms with van der Waals surface area (Å²) >= 11 is 0. The molecule has 0 unspecified atom stereocenters. The van der Waals surface area contributed by atoms with Crippen LogP contribution >= 0.6 is 0 Å². The van der Waals surface area contributed by atoms with E-state index in [1.807, 2.05) is 0 Å². The molecule has 0 aliphatic carbocycles. The minimum Gasteiger partial charge on any atom is 0 e. The largest absolute Gasteiger partial charge is 0 e. The Morgan fingerprint density at radius 3 is 1.00 bits per heavy atom. The second-order valence-corrected chi connectivity index (χ2v) is 0. The van der Waals surface area contributed by atoms with Crippen LogP contribution in [0.15, 0.2) is 0 Å². The molecule has 9 radical (unpaired) electrons. The summed E-state index contributed by atoms with van der Waals surface area (Å²) in [5.74, 6) is 0. The molecular formula is PbSnVW. The minimum atomic E-state index is 0. The van der Waals surface area contributed by atoms with Gasteiger partial charge in [-0.05, 0) is 0 Å². The van der Waals surface area contributed by atoms with Gasteiger partial charge in [-0.2, -0.15) is 0 Å². The summed E-state index contributed by atoms with van der Waals surface area (Å²) in [5.41, 5.74) is 0. The molecule has 0 spiro atoms. The van der Waals surface area contributed by atoms with Crippen molar-refractivity contribution in [3.8, 4) is 0 Å². The van der Waals surface area contributed by atoms with E-state index >= 15 is 0 Å². The molecule has 0 atom stereocenters. The molecule has 0 nitrogen and oxygen atoms in total. The Balaban J connectivity index is 0. The van der Waals surface area contributed by atoms with Crippen LogP contribution < -0.4 is 0 Å². The van der Waals surface area contributed by atoms with Crippen LogP contribution in [0.25, 0.3) is 0 Å². The van der Waals surface area contributed by atoms with Gasteiger partial charge in [0.1, 0.15) is 0 Å². The molecule has 0 aliphatic heterocycles. The number of rotatable bonds is 0. The second kappa shape index (κ2) is 16.7. The van der Waals surface area contributed by atoms with Gasteiger partial charge in [0.05, 0.1) is 0 Å². The van der Waals surface area contributed by atoms with Crippen LogP contribution in [0.4, 0.5) is 0 Å². The first kappa shape index (κ1) is 28.0. The van der Waals surface area contributed by atoms with Gasteiger partial charge in [-0.1, -0.05) is 0 Å². The van der Waals surface area contributed by atoms with Gasteiger partial charge >= 0.3 is 0 Å². The second-order valence-electron chi connectivity index (χ2n) is 0. The van der Waals surface area contributed by atoms with Crippen molar-refractivity contribution in [3.63, 3.8) is 0 Å². The zero-order chi connectivity index (χ0) is 0. The Morgan fingerprint density at radius 1 is 1.00 bits per heavy atom. The first-order valence-corrected chi connectivity index (χ1v) is 0. The number of hydrogen-bond acceptors (Lipinski definition) is 0. The predicted octanol–water partition coefficient (Wildman–Crippen LogP) is -0.767. The molecule has 0 aromatic rings. The fourth-order valence-electron chi connectivity index (χ4n) is 0. The molecule has 0 bridgehead atoms. The van der Waals surface area contributed by atoms with E-state index in [9.17, 15) is 0 Å². The first-order chi connectivity index (χ1) is 0. The Kier molecular flexibility index (Phi) is 117. The SMILES string of the molecule is [Pb].[Sn].[V].[W]. The van der Waals surface area contributed by atoms with E-state index in [2.05, 4.69) is 0 Å². The number of hydrogen-bond donors (Lipinski definition) is 0. The van der Waals surface area contributed by atoms with Crippen molar-refractivity contribution in [3.05, 3.63) is 0 Å². The predicted molar refractivity (Wildman–Crippen MR) is 11.5 cm³/mol. The zero-order valence-corrected chi connectivity index (χ0v) is 12.9. The summed E-state index contributed by atoms with van der Waals surface area (Å²) in [6, 6.07) is 0. The first-order valence-electron chi connectivity index (χ1n) is 0. The van der Waals surface area contributed by atoms with Gasteiger partial charge in [-0.15, -0.1) is 0 Å². The molecule has 0 aromatic carbocycles. The molecule has 0 aliphatic rings. The van der Waals surface area contributed by atoms with Crippen molar-refractivity contribution in [1.82, 2.24) is 0 Å². The van der Waals surface area contributed by atoms with E-state index in [4.69, 9.17) is 0 Å². The van der Waals surface area contributed by atoms with Crippen LogP contribution in [0.2, 0.25) is 0 Å². The van der Waals surface area contributed by atoms with E-state index in [0.717, 1.165) is 0 Å². The fourth-order valence-corrected chi connectivity index (χ4v) is 0. The smallest absolute Gasteiger partial charge is 0 e. The maximum Gasteiger partial charge on any atom is 0 e. The summed E-state index contributed by atoms with van der Waals surface area (Å²) in [7, 11) is 0. The molecule has 0 amide bonds. The van der Waals surface area contributed by atoms with E-state index in [1.165, 1.54) is 0 Å². The van der Waals surface area contributed by atoms with Crippen molar-refractivity contribution in [2.45, 2.75) is 0 Å². The fraction of sp³-hybridized carbons (Fsp3) is 0. The Labute approximate surface area is 89.1 Å². The van der Waals surface area contributed by atoms with Crippen molar-refractivity contribution in [2.24, 2.45) is 0 Å². The van der Waals surface area contributed by atoms with E-state index in [0.29, 0.717) is 0 Å². The summed E-state index contributed by atoms with van der Waals surface area (Å²) in [6.07, 6.45) is 0. The monoisotopic (exact) mass is 563 g/mol. The normalized spacial score (nSPS) is 0. The maximum absolute atomic E-state index is 0. The van der Waals surface area contributed by atoms with Crippen molar-refractivity contribution < 1.29 is 39.6 Å². The van der Waals surface area contributed by atoms with Crippen LogP contribution in [0, 0.1) is 0 Å². The molecule has 0 fully saturated rings. The Hall–Kier alpha value is 2.99.